The lowest BCUT2D eigenvalue weighted by molar-refractivity contribution is 0.295. The summed E-state index contributed by atoms with van der Waals surface area (Å²) in [5, 5.41) is 0. The van der Waals surface area contributed by atoms with E-state index in [4.69, 9.17) is 15.2 Å². The van der Waals surface area contributed by atoms with Gasteiger partial charge in [0, 0.05) is 23.2 Å². The molecule has 0 aliphatic rings. The first-order chi connectivity index (χ1) is 9.61. The Balaban J connectivity index is 2.13. The van der Waals surface area contributed by atoms with Crippen LogP contribution in [0.15, 0.2) is 42.5 Å². The van der Waals surface area contributed by atoms with Gasteiger partial charge < -0.3 is 15.2 Å². The molecule has 20 heavy (non-hydrogen) atoms. The molecule has 3 nitrogen and oxygen atoms in total. The fourth-order valence-corrected chi connectivity index (χ4v) is 1.92. The van der Waals surface area contributed by atoms with Crippen molar-refractivity contribution in [3.63, 3.8) is 0 Å². The number of hydrogen-bond donors (Lipinski definition) is 1. The molecule has 106 valence electrons. The Morgan fingerprint density at radius 1 is 1.20 bits per heavy atom. The number of halogens is 1. The van der Waals surface area contributed by atoms with Gasteiger partial charge in [0.25, 0.3) is 0 Å². The second-order valence-corrected chi connectivity index (χ2v) is 4.57. The summed E-state index contributed by atoms with van der Waals surface area (Å²) in [6.45, 7) is 2.04. The Morgan fingerprint density at radius 3 is 2.60 bits per heavy atom. The van der Waals surface area contributed by atoms with E-state index in [1.54, 1.807) is 12.1 Å². The molecule has 0 aliphatic carbocycles. The number of hydrogen-bond acceptors (Lipinski definition) is 3. The van der Waals surface area contributed by atoms with Crippen LogP contribution in [-0.2, 0) is 6.61 Å². The molecule has 2 aromatic rings. The van der Waals surface area contributed by atoms with E-state index in [-0.39, 0.29) is 18.5 Å². The first-order valence-corrected chi connectivity index (χ1v) is 6.41. The third kappa shape index (κ3) is 3.27. The molecule has 4 heteroatoms. The highest BCUT2D eigenvalue weighted by atomic mass is 19.1. The largest absolute Gasteiger partial charge is 0.497 e. The van der Waals surface area contributed by atoms with E-state index in [0.29, 0.717) is 17.1 Å². The van der Waals surface area contributed by atoms with Crippen LogP contribution in [0.1, 0.15) is 24.1 Å². The van der Waals surface area contributed by atoms with Crippen molar-refractivity contribution in [1.82, 2.24) is 0 Å². The van der Waals surface area contributed by atoms with E-state index in [1.165, 1.54) is 13.2 Å². The molecular formula is C16H18FNO2. The average molecular weight is 275 g/mol. The van der Waals surface area contributed by atoms with Crippen LogP contribution >= 0.6 is 0 Å². The summed E-state index contributed by atoms with van der Waals surface area (Å²) in [5.41, 5.74) is 7.26. The Morgan fingerprint density at radius 2 is 1.95 bits per heavy atom. The van der Waals surface area contributed by atoms with Crippen molar-refractivity contribution >= 4 is 0 Å². The fourth-order valence-electron chi connectivity index (χ4n) is 1.92. The van der Waals surface area contributed by atoms with Crippen molar-refractivity contribution in [1.29, 1.82) is 0 Å². The number of para-hydroxylation sites is 1. The molecule has 2 N–H and O–H groups in total. The van der Waals surface area contributed by atoms with E-state index in [0.717, 1.165) is 5.56 Å². The summed E-state index contributed by atoms with van der Waals surface area (Å²) in [6.07, 6.45) is 0. The van der Waals surface area contributed by atoms with Gasteiger partial charge in [0.15, 0.2) is 0 Å². The van der Waals surface area contributed by atoms with Crippen LogP contribution in [-0.4, -0.2) is 7.11 Å². The van der Waals surface area contributed by atoms with Gasteiger partial charge >= 0.3 is 0 Å². The summed E-state index contributed by atoms with van der Waals surface area (Å²) in [6, 6.07) is 12.1. The molecule has 0 aromatic heterocycles. The molecular weight excluding hydrogens is 257 g/mol. The molecule has 0 unspecified atom stereocenters. The molecule has 0 saturated carbocycles. The molecule has 0 amide bonds. The van der Waals surface area contributed by atoms with E-state index >= 15 is 0 Å². The summed E-state index contributed by atoms with van der Waals surface area (Å²) in [5.74, 6) is 0.822. The minimum atomic E-state index is -0.345. The third-order valence-corrected chi connectivity index (χ3v) is 3.05. The van der Waals surface area contributed by atoms with Gasteiger partial charge in [-0.15, -0.1) is 0 Å². The molecule has 0 bridgehead atoms. The van der Waals surface area contributed by atoms with Gasteiger partial charge in [-0.2, -0.15) is 0 Å². The Bertz CT molecular complexity index is 584. The highest BCUT2D eigenvalue weighted by Gasteiger charge is 2.09. The SMILES string of the molecule is COc1ccc(COc2ccccc2[C@@H](C)N)c(F)c1. The smallest absolute Gasteiger partial charge is 0.133 e. The Kier molecular flexibility index (Phi) is 4.58. The van der Waals surface area contributed by atoms with Crippen molar-refractivity contribution in [2.24, 2.45) is 5.73 Å². The molecule has 2 aromatic carbocycles. The minimum Gasteiger partial charge on any atom is -0.497 e. The maximum Gasteiger partial charge on any atom is 0.133 e. The van der Waals surface area contributed by atoms with Gasteiger partial charge in [-0.3, -0.25) is 0 Å². The lowest BCUT2D eigenvalue weighted by Crippen LogP contribution is -2.08. The molecule has 0 heterocycles. The molecule has 2 rings (SSSR count). The maximum absolute atomic E-state index is 13.8. The van der Waals surface area contributed by atoms with Crippen molar-refractivity contribution in [3.8, 4) is 11.5 Å². The zero-order valence-corrected chi connectivity index (χ0v) is 11.6. The molecule has 0 fully saturated rings. The van der Waals surface area contributed by atoms with E-state index in [2.05, 4.69) is 0 Å². The van der Waals surface area contributed by atoms with Gasteiger partial charge in [0.1, 0.15) is 23.9 Å². The molecule has 0 saturated heterocycles. The third-order valence-electron chi connectivity index (χ3n) is 3.05. The molecule has 0 radical (unpaired) electrons. The number of nitrogens with two attached hydrogens (primary N) is 1. The van der Waals surface area contributed by atoms with Gasteiger partial charge in [-0.25, -0.2) is 4.39 Å². The van der Waals surface area contributed by atoms with Crippen molar-refractivity contribution in [3.05, 3.63) is 59.4 Å². The first kappa shape index (κ1) is 14.3. The van der Waals surface area contributed by atoms with Crippen molar-refractivity contribution < 1.29 is 13.9 Å². The van der Waals surface area contributed by atoms with Gasteiger partial charge in [0.2, 0.25) is 0 Å². The Hall–Kier alpha value is -2.07. The predicted molar refractivity (Wildman–Crippen MR) is 76.3 cm³/mol. The second-order valence-electron chi connectivity index (χ2n) is 4.57. The maximum atomic E-state index is 13.8. The lowest BCUT2D eigenvalue weighted by Gasteiger charge is -2.14. The molecule has 1 atom stereocenters. The van der Waals surface area contributed by atoms with Gasteiger partial charge in [0.05, 0.1) is 7.11 Å². The summed E-state index contributed by atoms with van der Waals surface area (Å²) in [7, 11) is 1.50. The summed E-state index contributed by atoms with van der Waals surface area (Å²) in [4.78, 5) is 0. The minimum absolute atomic E-state index is 0.132. The predicted octanol–water partition coefficient (Wildman–Crippen LogP) is 3.43. The van der Waals surface area contributed by atoms with E-state index in [9.17, 15) is 4.39 Å². The highest BCUT2D eigenvalue weighted by Crippen LogP contribution is 2.25. The van der Waals surface area contributed by atoms with Crippen LogP contribution in [0.4, 0.5) is 4.39 Å². The topological polar surface area (TPSA) is 44.5 Å². The summed E-state index contributed by atoms with van der Waals surface area (Å²) < 4.78 is 24.5. The molecule has 0 spiro atoms. The van der Waals surface area contributed by atoms with Crippen LogP contribution < -0.4 is 15.2 Å². The van der Waals surface area contributed by atoms with Crippen LogP contribution in [0.5, 0.6) is 11.5 Å². The van der Waals surface area contributed by atoms with Crippen LogP contribution in [0.25, 0.3) is 0 Å². The normalized spacial score (nSPS) is 12.0. The van der Waals surface area contributed by atoms with Crippen molar-refractivity contribution in [2.75, 3.05) is 7.11 Å². The van der Waals surface area contributed by atoms with Gasteiger partial charge in [-0.1, -0.05) is 18.2 Å². The zero-order chi connectivity index (χ0) is 14.5. The first-order valence-electron chi connectivity index (χ1n) is 6.41. The van der Waals surface area contributed by atoms with E-state index in [1.807, 2.05) is 31.2 Å². The monoisotopic (exact) mass is 275 g/mol. The number of rotatable bonds is 5. The van der Waals surface area contributed by atoms with Crippen molar-refractivity contribution in [2.45, 2.75) is 19.6 Å². The second kappa shape index (κ2) is 6.39. The number of ether oxygens (including phenoxy) is 2. The average Bonchev–Trinajstić information content (AvgIpc) is 2.46. The lowest BCUT2D eigenvalue weighted by atomic mass is 10.1. The fraction of sp³-hybridized carbons (Fsp3) is 0.250. The van der Waals surface area contributed by atoms with Gasteiger partial charge in [-0.05, 0) is 25.1 Å². The quantitative estimate of drug-likeness (QED) is 0.909. The van der Waals surface area contributed by atoms with Crippen LogP contribution in [0, 0.1) is 5.82 Å². The Labute approximate surface area is 118 Å². The molecule has 0 aliphatic heterocycles. The van der Waals surface area contributed by atoms with Crippen LogP contribution in [0.2, 0.25) is 0 Å². The summed E-state index contributed by atoms with van der Waals surface area (Å²) >= 11 is 0. The number of benzene rings is 2. The zero-order valence-electron chi connectivity index (χ0n) is 11.6. The highest BCUT2D eigenvalue weighted by molar-refractivity contribution is 5.36. The van der Waals surface area contributed by atoms with Crippen LogP contribution in [0.3, 0.4) is 0 Å². The van der Waals surface area contributed by atoms with E-state index < -0.39 is 0 Å². The standard InChI is InChI=1S/C16H18FNO2/c1-11(18)14-5-3-4-6-16(14)20-10-12-7-8-13(19-2)9-15(12)17/h3-9,11H,10,18H2,1-2H3/t11-/m1/s1. The number of methoxy groups -OCH3 is 1.